The van der Waals surface area contributed by atoms with Crippen LogP contribution in [0.4, 0.5) is 8.78 Å². The summed E-state index contributed by atoms with van der Waals surface area (Å²) in [6.45, 7) is 4.64. The lowest BCUT2D eigenvalue weighted by Crippen LogP contribution is -2.42. The molecular formula is C23H28F2N4O2. The van der Waals surface area contributed by atoms with Gasteiger partial charge in [0.25, 0.3) is 5.91 Å². The fourth-order valence-corrected chi connectivity index (χ4v) is 3.99. The normalized spacial score (nSPS) is 18.6. The summed E-state index contributed by atoms with van der Waals surface area (Å²) in [5.74, 6) is -1.88. The second-order valence-electron chi connectivity index (χ2n) is 9.00. The van der Waals surface area contributed by atoms with E-state index in [1.807, 2.05) is 0 Å². The van der Waals surface area contributed by atoms with Crippen LogP contribution in [0.2, 0.25) is 0 Å². The van der Waals surface area contributed by atoms with Crippen LogP contribution < -0.4 is 4.74 Å². The molecule has 0 atom stereocenters. The fourth-order valence-electron chi connectivity index (χ4n) is 3.99. The van der Waals surface area contributed by atoms with Gasteiger partial charge in [0.05, 0.1) is 6.61 Å². The first-order chi connectivity index (χ1) is 14.8. The summed E-state index contributed by atoms with van der Waals surface area (Å²) >= 11 is 0. The number of likely N-dealkylation sites (tertiary alicyclic amines) is 1. The van der Waals surface area contributed by atoms with E-state index in [-0.39, 0.29) is 23.0 Å². The first-order valence-electron chi connectivity index (χ1n) is 10.7. The number of aromatic nitrogens is 2. The molecule has 4 rings (SSSR count). The molecule has 1 saturated heterocycles. The number of hydrogen-bond acceptors (Lipinski definition) is 5. The number of piperidine rings is 1. The van der Waals surface area contributed by atoms with Gasteiger partial charge in [-0.2, -0.15) is 0 Å². The van der Waals surface area contributed by atoms with Gasteiger partial charge in [0.15, 0.2) is 17.4 Å². The summed E-state index contributed by atoms with van der Waals surface area (Å²) in [5, 5.41) is 0. The van der Waals surface area contributed by atoms with E-state index in [0.717, 1.165) is 25.9 Å². The summed E-state index contributed by atoms with van der Waals surface area (Å²) in [5.41, 5.74) is 1.08. The predicted octanol–water partition coefficient (Wildman–Crippen LogP) is 3.77. The zero-order valence-electron chi connectivity index (χ0n) is 18.2. The molecular weight excluding hydrogens is 402 g/mol. The first kappa shape index (κ1) is 21.6. The number of ether oxygens (including phenoxy) is 1. The topological polar surface area (TPSA) is 58.6 Å². The van der Waals surface area contributed by atoms with Crippen LogP contribution in [0.25, 0.3) is 11.1 Å². The van der Waals surface area contributed by atoms with Crippen LogP contribution in [-0.4, -0.2) is 65.0 Å². The Morgan fingerprint density at radius 3 is 2.23 bits per heavy atom. The number of benzene rings is 1. The molecule has 1 aromatic carbocycles. The molecule has 6 nitrogen and oxygen atoms in total. The molecule has 0 unspecified atom stereocenters. The van der Waals surface area contributed by atoms with Crippen molar-refractivity contribution in [2.24, 2.45) is 5.92 Å². The van der Waals surface area contributed by atoms with Crippen molar-refractivity contribution in [3.8, 4) is 16.9 Å². The van der Waals surface area contributed by atoms with Gasteiger partial charge in [0, 0.05) is 37.6 Å². The Bertz CT molecular complexity index is 930. The van der Waals surface area contributed by atoms with E-state index in [4.69, 9.17) is 4.74 Å². The minimum Gasteiger partial charge on any atom is -0.487 e. The quantitative estimate of drug-likeness (QED) is 0.698. The summed E-state index contributed by atoms with van der Waals surface area (Å²) in [7, 11) is 3.19. The third-order valence-corrected chi connectivity index (χ3v) is 6.40. The van der Waals surface area contributed by atoms with Crippen LogP contribution in [0.15, 0.2) is 24.5 Å². The van der Waals surface area contributed by atoms with Gasteiger partial charge >= 0.3 is 0 Å². The fraction of sp³-hybridized carbons (Fsp3) is 0.522. The predicted molar refractivity (Wildman–Crippen MR) is 113 cm³/mol. The van der Waals surface area contributed by atoms with Gasteiger partial charge < -0.3 is 9.64 Å². The summed E-state index contributed by atoms with van der Waals surface area (Å²) in [4.78, 5) is 23.8. The lowest BCUT2D eigenvalue weighted by molar-refractivity contribution is 0.0816. The second kappa shape index (κ2) is 8.49. The zero-order chi connectivity index (χ0) is 22.2. The monoisotopic (exact) mass is 430 g/mol. The van der Waals surface area contributed by atoms with Crippen LogP contribution >= 0.6 is 0 Å². The lowest BCUT2D eigenvalue weighted by atomic mass is 9.96. The van der Waals surface area contributed by atoms with Crippen molar-refractivity contribution in [1.82, 2.24) is 19.8 Å². The van der Waals surface area contributed by atoms with E-state index in [9.17, 15) is 13.6 Å². The molecule has 166 valence electrons. The number of carbonyl (C=O) groups is 1. The van der Waals surface area contributed by atoms with Gasteiger partial charge in [-0.05, 0) is 69.3 Å². The summed E-state index contributed by atoms with van der Waals surface area (Å²) in [6, 6.07) is 2.42. The van der Waals surface area contributed by atoms with Crippen molar-refractivity contribution in [1.29, 1.82) is 0 Å². The third kappa shape index (κ3) is 4.69. The molecule has 1 aromatic heterocycles. The highest BCUT2D eigenvalue weighted by Crippen LogP contribution is 2.43. The molecule has 0 radical (unpaired) electrons. The molecule has 2 fully saturated rings. The molecule has 1 saturated carbocycles. The SMILES string of the molecule is CN(C)C(=O)c1ncc(-c2cc(F)c(OCC3CCN(C4(C)CC4)CC3)c(F)c2)cn1. The zero-order valence-corrected chi connectivity index (χ0v) is 18.2. The average molecular weight is 430 g/mol. The number of rotatable bonds is 6. The highest BCUT2D eigenvalue weighted by molar-refractivity contribution is 5.90. The van der Waals surface area contributed by atoms with Crippen LogP contribution in [0, 0.1) is 17.6 Å². The van der Waals surface area contributed by atoms with E-state index >= 15 is 0 Å². The average Bonchev–Trinajstić information content (AvgIpc) is 3.51. The van der Waals surface area contributed by atoms with E-state index in [0.29, 0.717) is 23.6 Å². The highest BCUT2D eigenvalue weighted by Gasteiger charge is 2.44. The van der Waals surface area contributed by atoms with Crippen LogP contribution in [-0.2, 0) is 0 Å². The Kier molecular flexibility index (Phi) is 5.92. The van der Waals surface area contributed by atoms with E-state index in [1.165, 1.54) is 42.3 Å². The number of amides is 1. The largest absolute Gasteiger partial charge is 0.487 e. The number of carbonyl (C=O) groups excluding carboxylic acids is 1. The van der Waals surface area contributed by atoms with Gasteiger partial charge in [0.1, 0.15) is 0 Å². The lowest BCUT2D eigenvalue weighted by Gasteiger charge is -2.36. The molecule has 1 aliphatic carbocycles. The molecule has 1 amide bonds. The molecule has 0 N–H and O–H groups in total. The van der Waals surface area contributed by atoms with Gasteiger partial charge in [0.2, 0.25) is 5.82 Å². The number of nitrogens with zero attached hydrogens (tertiary/aromatic N) is 4. The van der Waals surface area contributed by atoms with Crippen molar-refractivity contribution >= 4 is 5.91 Å². The van der Waals surface area contributed by atoms with E-state index in [1.54, 1.807) is 14.1 Å². The Morgan fingerprint density at radius 2 is 1.71 bits per heavy atom. The Hall–Kier alpha value is -2.61. The molecule has 31 heavy (non-hydrogen) atoms. The maximum Gasteiger partial charge on any atom is 0.291 e. The molecule has 8 heteroatoms. The van der Waals surface area contributed by atoms with Crippen LogP contribution in [0.3, 0.4) is 0 Å². The maximum atomic E-state index is 14.6. The van der Waals surface area contributed by atoms with Crippen LogP contribution in [0.1, 0.15) is 43.2 Å². The molecule has 0 spiro atoms. The Morgan fingerprint density at radius 1 is 1.13 bits per heavy atom. The summed E-state index contributed by atoms with van der Waals surface area (Å²) < 4.78 is 34.8. The van der Waals surface area contributed by atoms with Crippen LogP contribution in [0.5, 0.6) is 5.75 Å². The van der Waals surface area contributed by atoms with Crippen molar-refractivity contribution in [3.05, 3.63) is 42.0 Å². The minimum absolute atomic E-state index is 0.0244. The summed E-state index contributed by atoms with van der Waals surface area (Å²) in [6.07, 6.45) is 7.24. The third-order valence-electron chi connectivity index (χ3n) is 6.40. The second-order valence-corrected chi connectivity index (χ2v) is 9.00. The minimum atomic E-state index is -0.758. The molecule has 0 bridgehead atoms. The standard InChI is InChI=1S/C23H28F2N4O2/c1-23(6-7-23)29-8-4-15(5-9-29)14-31-20-18(24)10-16(11-19(20)25)17-12-26-21(27-13-17)22(30)28(2)3/h10-13,15H,4-9,14H2,1-3H3. The molecule has 1 aliphatic heterocycles. The van der Waals surface area contributed by atoms with Gasteiger partial charge in [-0.15, -0.1) is 0 Å². The number of hydrogen-bond donors (Lipinski definition) is 0. The number of halogens is 2. The van der Waals surface area contributed by atoms with Crippen molar-refractivity contribution < 1.29 is 18.3 Å². The molecule has 2 heterocycles. The highest BCUT2D eigenvalue weighted by atomic mass is 19.1. The van der Waals surface area contributed by atoms with E-state index in [2.05, 4.69) is 21.8 Å². The molecule has 2 aliphatic rings. The first-order valence-corrected chi connectivity index (χ1v) is 10.7. The van der Waals surface area contributed by atoms with Gasteiger partial charge in [-0.3, -0.25) is 9.69 Å². The molecule has 2 aromatic rings. The van der Waals surface area contributed by atoms with Crippen molar-refractivity contribution in [3.63, 3.8) is 0 Å². The van der Waals surface area contributed by atoms with Crippen molar-refractivity contribution in [2.45, 2.75) is 38.1 Å². The maximum absolute atomic E-state index is 14.6. The van der Waals surface area contributed by atoms with Gasteiger partial charge in [-0.1, -0.05) is 0 Å². The van der Waals surface area contributed by atoms with E-state index < -0.39 is 11.6 Å². The Balaban J connectivity index is 1.39. The smallest absolute Gasteiger partial charge is 0.291 e. The Labute approximate surface area is 181 Å². The van der Waals surface area contributed by atoms with Crippen molar-refractivity contribution in [2.75, 3.05) is 33.8 Å². The van der Waals surface area contributed by atoms with Gasteiger partial charge in [-0.25, -0.2) is 18.7 Å².